The Hall–Kier alpha value is -0.610. The average Bonchev–Trinajstić information content (AvgIpc) is 2.29. The summed E-state index contributed by atoms with van der Waals surface area (Å²) >= 11 is 0. The molecule has 0 saturated heterocycles. The van der Waals surface area contributed by atoms with E-state index in [4.69, 9.17) is 9.84 Å². The molecule has 0 spiro atoms. The van der Waals surface area contributed by atoms with E-state index in [0.717, 1.165) is 25.8 Å². The van der Waals surface area contributed by atoms with Crippen molar-refractivity contribution in [3.63, 3.8) is 0 Å². The zero-order chi connectivity index (χ0) is 12.8. The molecule has 1 aliphatic carbocycles. The van der Waals surface area contributed by atoms with E-state index in [1.165, 1.54) is 6.42 Å². The average molecular weight is 243 g/mol. The van der Waals surface area contributed by atoms with Gasteiger partial charge in [-0.25, -0.2) is 0 Å². The maximum absolute atomic E-state index is 10.8. The quantitative estimate of drug-likeness (QED) is 0.776. The minimum Gasteiger partial charge on any atom is -0.481 e. The molecule has 0 aromatic carbocycles. The maximum atomic E-state index is 10.8. The van der Waals surface area contributed by atoms with Gasteiger partial charge in [0, 0.05) is 19.2 Å². The van der Waals surface area contributed by atoms with Crippen molar-refractivity contribution in [2.75, 3.05) is 13.7 Å². The van der Waals surface area contributed by atoms with Crippen molar-refractivity contribution in [1.82, 2.24) is 4.90 Å². The maximum Gasteiger partial charge on any atom is 0.304 e. The van der Waals surface area contributed by atoms with Gasteiger partial charge in [-0.3, -0.25) is 9.69 Å². The molecular weight excluding hydrogens is 218 g/mol. The Kier molecular flexibility index (Phi) is 5.92. The molecule has 4 nitrogen and oxygen atoms in total. The van der Waals surface area contributed by atoms with E-state index in [-0.39, 0.29) is 12.5 Å². The van der Waals surface area contributed by atoms with Crippen molar-refractivity contribution in [3.05, 3.63) is 0 Å². The SMILES string of the molecule is CCN(C(C)CC(=O)O)C1CCCC(OC)C1. The highest BCUT2D eigenvalue weighted by Crippen LogP contribution is 2.26. The summed E-state index contributed by atoms with van der Waals surface area (Å²) in [5.74, 6) is -0.713. The van der Waals surface area contributed by atoms with Crippen LogP contribution in [0.15, 0.2) is 0 Å². The van der Waals surface area contributed by atoms with Crippen LogP contribution >= 0.6 is 0 Å². The molecule has 3 atom stereocenters. The van der Waals surface area contributed by atoms with Crippen LogP contribution in [-0.4, -0.2) is 47.8 Å². The fraction of sp³-hybridized carbons (Fsp3) is 0.923. The predicted octanol–water partition coefficient (Wildman–Crippen LogP) is 2.13. The van der Waals surface area contributed by atoms with Crippen molar-refractivity contribution in [2.45, 2.75) is 64.1 Å². The molecule has 0 radical (unpaired) electrons. The van der Waals surface area contributed by atoms with Crippen molar-refractivity contribution in [2.24, 2.45) is 0 Å². The summed E-state index contributed by atoms with van der Waals surface area (Å²) in [4.78, 5) is 13.1. The molecule has 0 amide bonds. The van der Waals surface area contributed by atoms with E-state index >= 15 is 0 Å². The van der Waals surface area contributed by atoms with Crippen LogP contribution in [0.2, 0.25) is 0 Å². The van der Waals surface area contributed by atoms with Gasteiger partial charge < -0.3 is 9.84 Å². The summed E-state index contributed by atoms with van der Waals surface area (Å²) in [7, 11) is 1.77. The van der Waals surface area contributed by atoms with Crippen LogP contribution < -0.4 is 0 Å². The van der Waals surface area contributed by atoms with E-state index in [0.29, 0.717) is 12.1 Å². The van der Waals surface area contributed by atoms with E-state index < -0.39 is 5.97 Å². The Bertz CT molecular complexity index is 245. The highest BCUT2D eigenvalue weighted by Gasteiger charge is 2.29. The van der Waals surface area contributed by atoms with E-state index in [9.17, 15) is 4.79 Å². The lowest BCUT2D eigenvalue weighted by atomic mass is 9.90. The monoisotopic (exact) mass is 243 g/mol. The predicted molar refractivity (Wildman–Crippen MR) is 67.1 cm³/mol. The van der Waals surface area contributed by atoms with Crippen LogP contribution in [0.4, 0.5) is 0 Å². The van der Waals surface area contributed by atoms with Crippen LogP contribution in [0.25, 0.3) is 0 Å². The van der Waals surface area contributed by atoms with Gasteiger partial charge in [0.2, 0.25) is 0 Å². The topological polar surface area (TPSA) is 49.8 Å². The molecule has 1 fully saturated rings. The Balaban J connectivity index is 2.56. The molecule has 0 aromatic rings. The van der Waals surface area contributed by atoms with Gasteiger partial charge in [0.15, 0.2) is 0 Å². The zero-order valence-electron chi connectivity index (χ0n) is 11.2. The van der Waals surface area contributed by atoms with Crippen molar-refractivity contribution >= 4 is 5.97 Å². The van der Waals surface area contributed by atoms with Gasteiger partial charge in [0.1, 0.15) is 0 Å². The molecule has 1 saturated carbocycles. The lowest BCUT2D eigenvalue weighted by Crippen LogP contribution is -2.46. The van der Waals surface area contributed by atoms with Gasteiger partial charge >= 0.3 is 5.97 Å². The zero-order valence-corrected chi connectivity index (χ0v) is 11.2. The first kappa shape index (κ1) is 14.5. The molecule has 4 heteroatoms. The highest BCUT2D eigenvalue weighted by molar-refractivity contribution is 5.67. The second kappa shape index (κ2) is 6.97. The number of methoxy groups -OCH3 is 1. The minimum atomic E-state index is -0.713. The minimum absolute atomic E-state index is 0.109. The van der Waals surface area contributed by atoms with Gasteiger partial charge in [0.05, 0.1) is 12.5 Å². The molecule has 3 unspecified atom stereocenters. The van der Waals surface area contributed by atoms with Crippen LogP contribution in [0, 0.1) is 0 Å². The number of carboxylic acid groups (broad SMARTS) is 1. The molecule has 1 N–H and O–H groups in total. The van der Waals surface area contributed by atoms with E-state index in [1.807, 2.05) is 6.92 Å². The van der Waals surface area contributed by atoms with Gasteiger partial charge in [0.25, 0.3) is 0 Å². The molecule has 1 rings (SSSR count). The summed E-state index contributed by atoms with van der Waals surface area (Å²) < 4.78 is 5.43. The van der Waals surface area contributed by atoms with Crippen LogP contribution in [0.3, 0.4) is 0 Å². The Morgan fingerprint density at radius 1 is 1.53 bits per heavy atom. The van der Waals surface area contributed by atoms with Gasteiger partial charge in [-0.2, -0.15) is 0 Å². The third-order valence-corrected chi connectivity index (χ3v) is 3.80. The second-order valence-corrected chi connectivity index (χ2v) is 4.96. The summed E-state index contributed by atoms with van der Waals surface area (Å²) in [5.41, 5.74) is 0. The lowest BCUT2D eigenvalue weighted by Gasteiger charge is -2.39. The van der Waals surface area contributed by atoms with Crippen molar-refractivity contribution < 1.29 is 14.6 Å². The molecule has 0 aromatic heterocycles. The number of hydrogen-bond acceptors (Lipinski definition) is 3. The van der Waals surface area contributed by atoms with E-state index in [1.54, 1.807) is 7.11 Å². The van der Waals surface area contributed by atoms with Crippen molar-refractivity contribution in [1.29, 1.82) is 0 Å². The Labute approximate surface area is 104 Å². The fourth-order valence-electron chi connectivity index (χ4n) is 2.94. The number of carbonyl (C=O) groups is 1. The summed E-state index contributed by atoms with van der Waals surface area (Å²) in [6.45, 7) is 5.03. The second-order valence-electron chi connectivity index (χ2n) is 4.96. The number of nitrogens with zero attached hydrogens (tertiary/aromatic N) is 1. The standard InChI is InChI=1S/C13H25NO3/c1-4-14(10(2)8-13(15)16)11-6-5-7-12(9-11)17-3/h10-12H,4-9H2,1-3H3,(H,15,16). The molecular formula is C13H25NO3. The van der Waals surface area contributed by atoms with Gasteiger partial charge in [-0.1, -0.05) is 6.92 Å². The summed E-state index contributed by atoms with van der Waals surface area (Å²) in [6.07, 6.45) is 5.09. The molecule has 0 heterocycles. The first-order valence-electron chi connectivity index (χ1n) is 6.58. The number of ether oxygens (including phenoxy) is 1. The normalized spacial score (nSPS) is 27.1. The smallest absolute Gasteiger partial charge is 0.304 e. The highest BCUT2D eigenvalue weighted by atomic mass is 16.5. The third kappa shape index (κ3) is 4.28. The molecule has 0 bridgehead atoms. The van der Waals surface area contributed by atoms with Crippen LogP contribution in [0.5, 0.6) is 0 Å². The van der Waals surface area contributed by atoms with Crippen LogP contribution in [-0.2, 0) is 9.53 Å². The van der Waals surface area contributed by atoms with Crippen LogP contribution in [0.1, 0.15) is 46.0 Å². The number of hydrogen-bond donors (Lipinski definition) is 1. The molecule has 17 heavy (non-hydrogen) atoms. The molecule has 0 aliphatic heterocycles. The number of carboxylic acids is 1. The number of aliphatic carboxylic acids is 1. The lowest BCUT2D eigenvalue weighted by molar-refractivity contribution is -0.138. The third-order valence-electron chi connectivity index (χ3n) is 3.80. The Morgan fingerprint density at radius 3 is 2.76 bits per heavy atom. The largest absolute Gasteiger partial charge is 0.481 e. The first-order chi connectivity index (χ1) is 8.08. The van der Waals surface area contributed by atoms with Gasteiger partial charge in [-0.15, -0.1) is 0 Å². The Morgan fingerprint density at radius 2 is 2.24 bits per heavy atom. The molecule has 100 valence electrons. The number of rotatable bonds is 6. The molecule has 1 aliphatic rings. The van der Waals surface area contributed by atoms with Crippen molar-refractivity contribution in [3.8, 4) is 0 Å². The van der Waals surface area contributed by atoms with Gasteiger partial charge in [-0.05, 0) is 39.2 Å². The summed E-state index contributed by atoms with van der Waals surface area (Å²) in [5, 5.41) is 8.87. The summed E-state index contributed by atoms with van der Waals surface area (Å²) in [6, 6.07) is 0.589. The first-order valence-corrected chi connectivity index (χ1v) is 6.58. The van der Waals surface area contributed by atoms with E-state index in [2.05, 4.69) is 11.8 Å². The fourth-order valence-corrected chi connectivity index (χ4v) is 2.94.